The number of nitrogens with zero attached hydrogens (tertiary/aromatic N) is 1. The van der Waals surface area contributed by atoms with E-state index in [9.17, 15) is 14.0 Å². The van der Waals surface area contributed by atoms with Gasteiger partial charge in [-0.3, -0.25) is 0 Å². The van der Waals surface area contributed by atoms with E-state index in [1.54, 1.807) is 4.90 Å². The normalized spacial score (nSPS) is 16.4. The standard InChI is InChI=1S/C20H21FN2O3/c1-13-6-3-4-7-15(13)18-8-5-11-23(18)20(25)22-17-12-14(19(24)26-2)9-10-16(17)21/h3-4,6-7,9-10,12,18H,5,8,11H2,1-2H3,(H,22,25). The van der Waals surface area contributed by atoms with Gasteiger partial charge in [0.05, 0.1) is 24.4 Å². The molecule has 1 fully saturated rings. The first kappa shape index (κ1) is 17.9. The second-order valence-electron chi connectivity index (χ2n) is 6.32. The summed E-state index contributed by atoms with van der Waals surface area (Å²) in [5.74, 6) is -1.18. The summed E-state index contributed by atoms with van der Waals surface area (Å²) < 4.78 is 18.7. The molecule has 0 bridgehead atoms. The third-order valence-corrected chi connectivity index (χ3v) is 4.69. The number of nitrogens with one attached hydrogen (secondary N) is 1. The van der Waals surface area contributed by atoms with Gasteiger partial charge in [-0.25, -0.2) is 14.0 Å². The molecule has 1 heterocycles. The Morgan fingerprint density at radius 3 is 2.73 bits per heavy atom. The smallest absolute Gasteiger partial charge is 0.337 e. The maximum absolute atomic E-state index is 14.1. The van der Waals surface area contributed by atoms with Crippen molar-refractivity contribution in [3.8, 4) is 0 Å². The Morgan fingerprint density at radius 1 is 1.23 bits per heavy atom. The van der Waals surface area contributed by atoms with Crippen LogP contribution in [0.2, 0.25) is 0 Å². The van der Waals surface area contributed by atoms with Crippen LogP contribution in [-0.4, -0.2) is 30.6 Å². The van der Waals surface area contributed by atoms with E-state index in [1.807, 2.05) is 31.2 Å². The zero-order chi connectivity index (χ0) is 18.7. The van der Waals surface area contributed by atoms with Gasteiger partial charge in [0, 0.05) is 6.54 Å². The molecule has 1 N–H and O–H groups in total. The fraction of sp³-hybridized carbons (Fsp3) is 0.300. The van der Waals surface area contributed by atoms with Gasteiger partial charge in [-0.1, -0.05) is 24.3 Å². The molecule has 2 aromatic rings. The monoisotopic (exact) mass is 356 g/mol. The molecule has 3 rings (SSSR count). The summed E-state index contributed by atoms with van der Waals surface area (Å²) in [4.78, 5) is 26.1. The lowest BCUT2D eigenvalue weighted by Crippen LogP contribution is -2.35. The number of likely N-dealkylation sites (tertiary alicyclic amines) is 1. The van der Waals surface area contributed by atoms with Crippen LogP contribution in [0.5, 0.6) is 0 Å². The summed E-state index contributed by atoms with van der Waals surface area (Å²) in [5, 5.41) is 2.59. The number of anilines is 1. The number of carbonyl (C=O) groups excluding carboxylic acids is 2. The van der Waals surface area contributed by atoms with E-state index in [4.69, 9.17) is 0 Å². The van der Waals surface area contributed by atoms with Gasteiger partial charge < -0.3 is 15.0 Å². The molecule has 6 heteroatoms. The lowest BCUT2D eigenvalue weighted by Gasteiger charge is -2.26. The van der Waals surface area contributed by atoms with Gasteiger partial charge in [-0.05, 0) is 49.1 Å². The summed E-state index contributed by atoms with van der Waals surface area (Å²) in [7, 11) is 1.25. The molecular formula is C20H21FN2O3. The maximum atomic E-state index is 14.1. The lowest BCUT2D eigenvalue weighted by atomic mass is 9.99. The highest BCUT2D eigenvalue weighted by molar-refractivity contribution is 5.94. The van der Waals surface area contributed by atoms with Crippen LogP contribution < -0.4 is 5.32 Å². The molecule has 1 saturated heterocycles. The van der Waals surface area contributed by atoms with Crippen LogP contribution in [0.1, 0.15) is 40.4 Å². The summed E-state index contributed by atoms with van der Waals surface area (Å²) in [5.41, 5.74) is 2.37. The van der Waals surface area contributed by atoms with Crippen molar-refractivity contribution in [2.45, 2.75) is 25.8 Å². The van der Waals surface area contributed by atoms with E-state index in [0.717, 1.165) is 30.0 Å². The van der Waals surface area contributed by atoms with Crippen molar-refractivity contribution in [1.29, 1.82) is 0 Å². The van der Waals surface area contributed by atoms with E-state index in [-0.39, 0.29) is 23.3 Å². The molecule has 0 spiro atoms. The van der Waals surface area contributed by atoms with Gasteiger partial charge in [0.2, 0.25) is 0 Å². The molecule has 136 valence electrons. The van der Waals surface area contributed by atoms with Crippen LogP contribution in [0.15, 0.2) is 42.5 Å². The topological polar surface area (TPSA) is 58.6 Å². The number of aryl methyl sites for hydroxylation is 1. The third-order valence-electron chi connectivity index (χ3n) is 4.69. The van der Waals surface area contributed by atoms with Gasteiger partial charge >= 0.3 is 12.0 Å². The fourth-order valence-electron chi connectivity index (χ4n) is 3.35. The minimum absolute atomic E-state index is 0.0340. The molecule has 0 aromatic heterocycles. The Kier molecular flexibility index (Phi) is 5.21. The van der Waals surface area contributed by atoms with Gasteiger partial charge in [-0.15, -0.1) is 0 Å². The summed E-state index contributed by atoms with van der Waals surface area (Å²) in [6.45, 7) is 2.62. The first-order valence-corrected chi connectivity index (χ1v) is 8.52. The van der Waals surface area contributed by atoms with Crippen molar-refractivity contribution in [1.82, 2.24) is 4.90 Å². The van der Waals surface area contributed by atoms with E-state index < -0.39 is 11.8 Å². The molecule has 0 aliphatic carbocycles. The minimum Gasteiger partial charge on any atom is -0.465 e. The molecule has 0 saturated carbocycles. The van der Waals surface area contributed by atoms with Gasteiger partial charge in [0.25, 0.3) is 0 Å². The number of hydrogen-bond donors (Lipinski definition) is 1. The number of rotatable bonds is 3. The Labute approximate surface area is 151 Å². The van der Waals surface area contributed by atoms with Crippen LogP contribution in [0.4, 0.5) is 14.9 Å². The largest absolute Gasteiger partial charge is 0.465 e. The number of amides is 2. The molecular weight excluding hydrogens is 335 g/mol. The van der Waals surface area contributed by atoms with E-state index in [0.29, 0.717) is 6.54 Å². The Hall–Kier alpha value is -2.89. The predicted octanol–water partition coefficient (Wildman–Crippen LogP) is 4.29. The first-order chi connectivity index (χ1) is 12.5. The van der Waals surface area contributed by atoms with E-state index >= 15 is 0 Å². The first-order valence-electron chi connectivity index (χ1n) is 8.52. The van der Waals surface area contributed by atoms with Gasteiger partial charge in [-0.2, -0.15) is 0 Å². The molecule has 26 heavy (non-hydrogen) atoms. The van der Waals surface area contributed by atoms with Gasteiger partial charge in [0.15, 0.2) is 0 Å². The zero-order valence-corrected chi connectivity index (χ0v) is 14.8. The van der Waals surface area contributed by atoms with Crippen molar-refractivity contribution < 1.29 is 18.7 Å². The molecule has 0 radical (unpaired) electrons. The number of ether oxygens (including phenoxy) is 1. The van der Waals surface area contributed by atoms with Crippen LogP contribution in [0.3, 0.4) is 0 Å². The number of methoxy groups -OCH3 is 1. The Balaban J connectivity index is 1.81. The highest BCUT2D eigenvalue weighted by Crippen LogP contribution is 2.34. The molecule has 2 amide bonds. The second kappa shape index (κ2) is 7.56. The zero-order valence-electron chi connectivity index (χ0n) is 14.8. The van der Waals surface area contributed by atoms with Crippen molar-refractivity contribution >= 4 is 17.7 Å². The van der Waals surface area contributed by atoms with Crippen LogP contribution in [0, 0.1) is 12.7 Å². The van der Waals surface area contributed by atoms with Crippen molar-refractivity contribution in [2.75, 3.05) is 19.0 Å². The van der Waals surface area contributed by atoms with Gasteiger partial charge in [0.1, 0.15) is 5.82 Å². The molecule has 1 aliphatic heterocycles. The maximum Gasteiger partial charge on any atom is 0.337 e. The lowest BCUT2D eigenvalue weighted by molar-refractivity contribution is 0.0600. The number of carbonyl (C=O) groups is 2. The number of benzene rings is 2. The summed E-state index contributed by atoms with van der Waals surface area (Å²) >= 11 is 0. The third kappa shape index (κ3) is 3.54. The van der Waals surface area contributed by atoms with E-state index in [1.165, 1.54) is 19.2 Å². The molecule has 1 atom stereocenters. The average Bonchev–Trinajstić information content (AvgIpc) is 3.13. The SMILES string of the molecule is COC(=O)c1ccc(F)c(NC(=O)N2CCCC2c2ccccc2C)c1. The number of hydrogen-bond acceptors (Lipinski definition) is 3. The minimum atomic E-state index is -0.599. The molecule has 1 unspecified atom stereocenters. The average molecular weight is 356 g/mol. The highest BCUT2D eigenvalue weighted by atomic mass is 19.1. The Morgan fingerprint density at radius 2 is 2.00 bits per heavy atom. The van der Waals surface area contributed by atoms with Crippen LogP contribution >= 0.6 is 0 Å². The van der Waals surface area contributed by atoms with Crippen molar-refractivity contribution in [3.05, 3.63) is 65.0 Å². The van der Waals surface area contributed by atoms with Crippen LogP contribution in [0.25, 0.3) is 0 Å². The fourth-order valence-corrected chi connectivity index (χ4v) is 3.35. The van der Waals surface area contributed by atoms with E-state index in [2.05, 4.69) is 10.1 Å². The summed E-state index contributed by atoms with van der Waals surface area (Å²) in [6, 6.07) is 11.3. The highest BCUT2D eigenvalue weighted by Gasteiger charge is 2.31. The van der Waals surface area contributed by atoms with Crippen molar-refractivity contribution in [2.24, 2.45) is 0 Å². The predicted molar refractivity (Wildman–Crippen MR) is 96.6 cm³/mol. The number of halogens is 1. The summed E-state index contributed by atoms with van der Waals surface area (Å²) in [6.07, 6.45) is 1.75. The molecule has 1 aliphatic rings. The second-order valence-corrected chi connectivity index (χ2v) is 6.32. The molecule has 5 nitrogen and oxygen atoms in total. The number of urea groups is 1. The quantitative estimate of drug-likeness (QED) is 0.835. The Bertz CT molecular complexity index is 838. The molecule has 2 aromatic carbocycles. The van der Waals surface area contributed by atoms with Crippen molar-refractivity contribution in [3.63, 3.8) is 0 Å². The number of esters is 1. The van der Waals surface area contributed by atoms with Crippen LogP contribution in [-0.2, 0) is 4.74 Å².